The number of nitrogens with zero attached hydrogens (tertiary/aromatic N) is 2. The monoisotopic (exact) mass is 277 g/mol. The fourth-order valence-corrected chi connectivity index (χ4v) is 2.40. The first-order valence-corrected chi connectivity index (χ1v) is 6.92. The van der Waals surface area contributed by atoms with Gasteiger partial charge in [-0.25, -0.2) is 0 Å². The van der Waals surface area contributed by atoms with Crippen LogP contribution in [-0.2, 0) is 4.79 Å². The summed E-state index contributed by atoms with van der Waals surface area (Å²) in [6, 6.07) is 7.56. The zero-order valence-electron chi connectivity index (χ0n) is 10.5. The van der Waals surface area contributed by atoms with E-state index in [1.165, 1.54) is 11.8 Å². The van der Waals surface area contributed by atoms with Crippen molar-refractivity contribution in [2.45, 2.75) is 18.0 Å². The average Bonchev–Trinajstić information content (AvgIpc) is 2.44. The van der Waals surface area contributed by atoms with Gasteiger partial charge in [-0.05, 0) is 6.92 Å². The highest BCUT2D eigenvalue weighted by Gasteiger charge is 2.09. The summed E-state index contributed by atoms with van der Waals surface area (Å²) < 4.78 is 0. The van der Waals surface area contributed by atoms with E-state index in [0.29, 0.717) is 0 Å². The first-order chi connectivity index (χ1) is 9.20. The highest BCUT2D eigenvalue weighted by molar-refractivity contribution is 8.00. The zero-order valence-corrected chi connectivity index (χ0v) is 11.4. The Morgan fingerprint density at radius 2 is 2.26 bits per heavy atom. The van der Waals surface area contributed by atoms with Crippen LogP contribution >= 0.6 is 11.8 Å². The van der Waals surface area contributed by atoms with Crippen molar-refractivity contribution in [3.8, 4) is 0 Å². The molecule has 1 heterocycles. The molecule has 0 aliphatic heterocycles. The summed E-state index contributed by atoms with van der Waals surface area (Å²) in [6.07, 6.45) is 1.70. The second-order valence-corrected chi connectivity index (χ2v) is 5.14. The van der Waals surface area contributed by atoms with E-state index in [4.69, 9.17) is 5.11 Å². The highest BCUT2D eigenvalue weighted by Crippen LogP contribution is 2.24. The number of aromatic nitrogens is 2. The molecule has 19 heavy (non-hydrogen) atoms. The van der Waals surface area contributed by atoms with Gasteiger partial charge in [0.1, 0.15) is 5.03 Å². The van der Waals surface area contributed by atoms with Crippen molar-refractivity contribution in [2.75, 3.05) is 12.4 Å². The lowest BCUT2D eigenvalue weighted by molar-refractivity contribution is -0.119. The Kier molecular flexibility index (Phi) is 4.70. The highest BCUT2D eigenvalue weighted by atomic mass is 32.2. The molecule has 1 atom stereocenters. The minimum absolute atomic E-state index is 0.0650. The number of aliphatic hydroxyl groups excluding tert-OH is 1. The van der Waals surface area contributed by atoms with E-state index in [-0.39, 0.29) is 24.3 Å². The first-order valence-electron chi connectivity index (χ1n) is 5.94. The topological polar surface area (TPSA) is 75.1 Å². The second kappa shape index (κ2) is 6.49. The van der Waals surface area contributed by atoms with E-state index < -0.39 is 0 Å². The minimum atomic E-state index is -0.230. The van der Waals surface area contributed by atoms with E-state index >= 15 is 0 Å². The molecular formula is C13H15N3O2S. The van der Waals surface area contributed by atoms with E-state index in [9.17, 15) is 4.79 Å². The van der Waals surface area contributed by atoms with E-state index in [1.807, 2.05) is 24.3 Å². The van der Waals surface area contributed by atoms with Gasteiger partial charge in [0.25, 0.3) is 0 Å². The maximum Gasteiger partial charge on any atom is 0.230 e. The lowest BCUT2D eigenvalue weighted by Crippen LogP contribution is -2.36. The number of nitrogens with one attached hydrogen (secondary N) is 1. The Morgan fingerprint density at radius 1 is 1.47 bits per heavy atom. The van der Waals surface area contributed by atoms with Gasteiger partial charge in [0.05, 0.1) is 18.6 Å². The molecular weight excluding hydrogens is 262 g/mol. The number of benzene rings is 1. The quantitative estimate of drug-likeness (QED) is 0.804. The summed E-state index contributed by atoms with van der Waals surface area (Å²) in [6.45, 7) is 1.69. The predicted octanol–water partition coefficient (Wildman–Crippen LogP) is 1.22. The maximum atomic E-state index is 11.6. The van der Waals surface area contributed by atoms with Crippen LogP contribution in [0.3, 0.4) is 0 Å². The van der Waals surface area contributed by atoms with Crippen LogP contribution in [0, 0.1) is 0 Å². The van der Waals surface area contributed by atoms with Gasteiger partial charge in [0.2, 0.25) is 5.91 Å². The summed E-state index contributed by atoms with van der Waals surface area (Å²) in [5, 5.41) is 22.3. The molecule has 0 aliphatic carbocycles. The molecule has 0 unspecified atom stereocenters. The minimum Gasteiger partial charge on any atom is -0.394 e. The van der Waals surface area contributed by atoms with Gasteiger partial charge in [-0.3, -0.25) is 4.79 Å². The molecule has 6 heteroatoms. The van der Waals surface area contributed by atoms with E-state index in [2.05, 4.69) is 15.5 Å². The lowest BCUT2D eigenvalue weighted by Gasteiger charge is -2.10. The largest absolute Gasteiger partial charge is 0.394 e. The molecule has 0 saturated carbocycles. The van der Waals surface area contributed by atoms with Crippen molar-refractivity contribution in [3.63, 3.8) is 0 Å². The van der Waals surface area contributed by atoms with Crippen molar-refractivity contribution >= 4 is 28.4 Å². The number of thioether (sulfide) groups is 1. The molecule has 0 spiro atoms. The fourth-order valence-electron chi connectivity index (χ4n) is 1.60. The Morgan fingerprint density at radius 3 is 3.05 bits per heavy atom. The molecule has 1 aromatic carbocycles. The third-order valence-corrected chi connectivity index (χ3v) is 3.54. The third-order valence-electron chi connectivity index (χ3n) is 2.56. The molecule has 0 saturated heterocycles. The van der Waals surface area contributed by atoms with Crippen LogP contribution in [0.5, 0.6) is 0 Å². The van der Waals surface area contributed by atoms with Crippen molar-refractivity contribution < 1.29 is 9.90 Å². The van der Waals surface area contributed by atoms with Crippen molar-refractivity contribution in [1.82, 2.24) is 15.5 Å². The number of carbonyl (C=O) groups excluding carboxylic acids is 1. The summed E-state index contributed by atoms with van der Waals surface area (Å²) >= 11 is 1.34. The molecule has 0 fully saturated rings. The maximum absolute atomic E-state index is 11.6. The molecule has 0 radical (unpaired) electrons. The summed E-state index contributed by atoms with van der Waals surface area (Å²) in [4.78, 5) is 11.6. The number of fused-ring (bicyclic) bond motifs is 1. The van der Waals surface area contributed by atoms with Crippen LogP contribution in [0.25, 0.3) is 10.8 Å². The van der Waals surface area contributed by atoms with Crippen LogP contribution in [0.4, 0.5) is 0 Å². The number of carbonyl (C=O) groups is 1. The number of hydrogen-bond acceptors (Lipinski definition) is 5. The number of hydrogen-bond donors (Lipinski definition) is 2. The summed E-state index contributed by atoms with van der Waals surface area (Å²) in [5.74, 6) is 0.133. The number of amides is 1. The molecule has 2 aromatic rings. The van der Waals surface area contributed by atoms with Crippen LogP contribution in [0.2, 0.25) is 0 Å². The van der Waals surface area contributed by atoms with Gasteiger partial charge in [0, 0.05) is 16.8 Å². The van der Waals surface area contributed by atoms with Gasteiger partial charge in [-0.2, -0.15) is 5.10 Å². The third kappa shape index (κ3) is 3.65. The summed E-state index contributed by atoms with van der Waals surface area (Å²) in [7, 11) is 0. The molecule has 2 N–H and O–H groups in total. The van der Waals surface area contributed by atoms with E-state index in [1.54, 1.807) is 13.1 Å². The molecule has 100 valence electrons. The summed E-state index contributed by atoms with van der Waals surface area (Å²) in [5.41, 5.74) is 0. The SMILES string of the molecule is C[C@H](CO)NC(=O)CSc1nncc2ccccc12. The molecule has 2 rings (SSSR count). The van der Waals surface area contributed by atoms with Crippen LogP contribution in [0.15, 0.2) is 35.5 Å². The van der Waals surface area contributed by atoms with Crippen LogP contribution in [0.1, 0.15) is 6.92 Å². The van der Waals surface area contributed by atoms with Gasteiger partial charge >= 0.3 is 0 Å². The van der Waals surface area contributed by atoms with Crippen LogP contribution < -0.4 is 5.32 Å². The Hall–Kier alpha value is -1.66. The van der Waals surface area contributed by atoms with Gasteiger partial charge in [-0.1, -0.05) is 36.0 Å². The van der Waals surface area contributed by atoms with Crippen molar-refractivity contribution in [3.05, 3.63) is 30.5 Å². The molecule has 0 bridgehead atoms. The Balaban J connectivity index is 2.04. The smallest absolute Gasteiger partial charge is 0.230 e. The number of aliphatic hydroxyl groups is 1. The lowest BCUT2D eigenvalue weighted by atomic mass is 10.2. The Bertz CT molecular complexity index is 571. The van der Waals surface area contributed by atoms with Gasteiger partial charge in [-0.15, -0.1) is 5.10 Å². The second-order valence-electron chi connectivity index (χ2n) is 4.18. The molecule has 5 nitrogen and oxygen atoms in total. The van der Waals surface area contributed by atoms with Crippen molar-refractivity contribution in [2.24, 2.45) is 0 Å². The normalized spacial score (nSPS) is 12.3. The Labute approximate surface area is 115 Å². The number of rotatable bonds is 5. The first kappa shape index (κ1) is 13.8. The van der Waals surface area contributed by atoms with Crippen LogP contribution in [-0.4, -0.2) is 39.6 Å². The predicted molar refractivity (Wildman–Crippen MR) is 75.0 cm³/mol. The standard InChI is InChI=1S/C13H15N3O2S/c1-9(7-17)15-12(18)8-19-13-11-5-3-2-4-10(11)6-14-16-13/h2-6,9,17H,7-8H2,1H3,(H,15,18)/t9-/m1/s1. The fraction of sp³-hybridized carbons (Fsp3) is 0.308. The van der Waals surface area contributed by atoms with Crippen molar-refractivity contribution in [1.29, 1.82) is 0 Å². The molecule has 0 aliphatic rings. The molecule has 1 aromatic heterocycles. The van der Waals surface area contributed by atoms with Gasteiger partial charge in [0.15, 0.2) is 0 Å². The van der Waals surface area contributed by atoms with Gasteiger partial charge < -0.3 is 10.4 Å². The zero-order chi connectivity index (χ0) is 13.7. The average molecular weight is 277 g/mol. The van der Waals surface area contributed by atoms with E-state index in [0.717, 1.165) is 15.8 Å². The molecule has 1 amide bonds.